The molecule has 1 aliphatic carbocycles. The van der Waals surface area contributed by atoms with Crippen LogP contribution >= 0.6 is 11.6 Å². The molecule has 2 atom stereocenters. The predicted molar refractivity (Wildman–Crippen MR) is 77.8 cm³/mol. The fourth-order valence-corrected chi connectivity index (χ4v) is 2.51. The lowest BCUT2D eigenvalue weighted by molar-refractivity contribution is -0.148. The van der Waals surface area contributed by atoms with E-state index < -0.39 is 0 Å². The lowest BCUT2D eigenvalue weighted by Gasteiger charge is -2.11. The number of amides is 1. The number of hydrogen-bond donors (Lipinski definition) is 1. The fourth-order valence-electron chi connectivity index (χ4n) is 2.14. The Morgan fingerprint density at radius 1 is 1.40 bits per heavy atom. The third kappa shape index (κ3) is 3.51. The van der Waals surface area contributed by atoms with Gasteiger partial charge >= 0.3 is 5.97 Å². The molecule has 1 aromatic carbocycles. The number of carbonyl (C=O) groups excluding carboxylic acids is 2. The van der Waals surface area contributed by atoms with Crippen molar-refractivity contribution in [2.75, 3.05) is 11.9 Å². The van der Waals surface area contributed by atoms with E-state index >= 15 is 0 Å². The third-order valence-corrected chi connectivity index (χ3v) is 3.75. The summed E-state index contributed by atoms with van der Waals surface area (Å²) in [6.07, 6.45) is 0.851. The van der Waals surface area contributed by atoms with Crippen molar-refractivity contribution in [1.29, 1.82) is 0 Å². The predicted octanol–water partition coefficient (Wildman–Crippen LogP) is 3.09. The minimum Gasteiger partial charge on any atom is -0.455 e. The smallest absolute Gasteiger partial charge is 0.309 e. The molecule has 0 aliphatic heterocycles. The van der Waals surface area contributed by atoms with Gasteiger partial charge in [-0.1, -0.05) is 24.6 Å². The molecule has 0 bridgehead atoms. The molecule has 1 amide bonds. The summed E-state index contributed by atoms with van der Waals surface area (Å²) < 4.78 is 4.98. The van der Waals surface area contributed by atoms with Gasteiger partial charge in [0, 0.05) is 0 Å². The van der Waals surface area contributed by atoms with E-state index in [2.05, 4.69) is 5.32 Å². The molecule has 5 heteroatoms. The molecule has 1 aliphatic rings. The summed E-state index contributed by atoms with van der Waals surface area (Å²) in [7, 11) is 0. The zero-order valence-electron chi connectivity index (χ0n) is 11.8. The van der Waals surface area contributed by atoms with E-state index in [0.29, 0.717) is 16.6 Å². The van der Waals surface area contributed by atoms with Gasteiger partial charge in [0.25, 0.3) is 5.91 Å². The van der Waals surface area contributed by atoms with Crippen LogP contribution in [0.3, 0.4) is 0 Å². The van der Waals surface area contributed by atoms with Gasteiger partial charge in [-0.2, -0.15) is 0 Å². The van der Waals surface area contributed by atoms with Crippen LogP contribution in [0.5, 0.6) is 0 Å². The average Bonchev–Trinajstić information content (AvgIpc) is 3.08. The van der Waals surface area contributed by atoms with E-state index in [1.165, 1.54) is 0 Å². The Kier molecular flexibility index (Phi) is 4.33. The first-order valence-corrected chi connectivity index (χ1v) is 6.99. The molecule has 0 unspecified atom stereocenters. The van der Waals surface area contributed by atoms with Crippen LogP contribution in [0.1, 0.15) is 24.5 Å². The number of nitrogens with one attached hydrogen (secondary N) is 1. The molecule has 1 N–H and O–H groups in total. The first-order chi connectivity index (χ1) is 9.38. The maximum atomic E-state index is 11.8. The highest BCUT2D eigenvalue weighted by Crippen LogP contribution is 2.38. The molecule has 1 fully saturated rings. The number of esters is 1. The van der Waals surface area contributed by atoms with Crippen LogP contribution in [-0.2, 0) is 14.3 Å². The number of aryl methyl sites for hydroxylation is 2. The quantitative estimate of drug-likeness (QED) is 0.869. The molecule has 0 saturated heterocycles. The minimum absolute atomic E-state index is 0.0347. The van der Waals surface area contributed by atoms with Gasteiger partial charge in [-0.15, -0.1) is 0 Å². The van der Waals surface area contributed by atoms with Crippen molar-refractivity contribution in [1.82, 2.24) is 0 Å². The monoisotopic (exact) mass is 295 g/mol. The lowest BCUT2D eigenvalue weighted by Crippen LogP contribution is -2.22. The van der Waals surface area contributed by atoms with Crippen LogP contribution in [0.15, 0.2) is 12.1 Å². The highest BCUT2D eigenvalue weighted by Gasteiger charge is 2.40. The molecule has 0 spiro atoms. The molecule has 1 saturated carbocycles. The highest BCUT2D eigenvalue weighted by atomic mass is 35.5. The molecule has 0 radical (unpaired) electrons. The second-order valence-corrected chi connectivity index (χ2v) is 5.82. The number of benzene rings is 1. The molecule has 108 valence electrons. The maximum Gasteiger partial charge on any atom is 0.309 e. The van der Waals surface area contributed by atoms with Crippen molar-refractivity contribution in [3.05, 3.63) is 28.3 Å². The van der Waals surface area contributed by atoms with Crippen molar-refractivity contribution < 1.29 is 14.3 Å². The summed E-state index contributed by atoms with van der Waals surface area (Å²) in [5, 5.41) is 3.17. The highest BCUT2D eigenvalue weighted by molar-refractivity contribution is 6.34. The zero-order valence-corrected chi connectivity index (χ0v) is 12.6. The number of hydrogen-bond acceptors (Lipinski definition) is 3. The van der Waals surface area contributed by atoms with Crippen molar-refractivity contribution in [3.8, 4) is 0 Å². The molecular formula is C15H18ClNO3. The lowest BCUT2D eigenvalue weighted by atomic mass is 10.1. The summed E-state index contributed by atoms with van der Waals surface area (Å²) in [6.45, 7) is 5.52. The van der Waals surface area contributed by atoms with Gasteiger partial charge in [-0.05, 0) is 43.4 Å². The normalized spacial score (nSPS) is 20.4. The van der Waals surface area contributed by atoms with Gasteiger partial charge < -0.3 is 10.1 Å². The standard InChI is InChI=1S/C15H18ClNO3/c1-8-4-10(3)14(12(16)5-8)17-13(18)7-20-15(19)11-6-9(11)2/h4-5,9,11H,6-7H2,1-3H3,(H,17,18)/t9-,11-/m0/s1. The first-order valence-electron chi connectivity index (χ1n) is 6.61. The van der Waals surface area contributed by atoms with Crippen LogP contribution in [-0.4, -0.2) is 18.5 Å². The largest absolute Gasteiger partial charge is 0.455 e. The molecular weight excluding hydrogens is 278 g/mol. The van der Waals surface area contributed by atoms with E-state index in [-0.39, 0.29) is 24.4 Å². The Hall–Kier alpha value is -1.55. The Morgan fingerprint density at radius 2 is 2.05 bits per heavy atom. The molecule has 0 heterocycles. The van der Waals surface area contributed by atoms with E-state index in [4.69, 9.17) is 16.3 Å². The molecule has 0 aromatic heterocycles. The number of halogens is 1. The Labute approximate surface area is 123 Å². The van der Waals surface area contributed by atoms with Crippen LogP contribution in [0.4, 0.5) is 5.69 Å². The maximum absolute atomic E-state index is 11.8. The van der Waals surface area contributed by atoms with E-state index in [0.717, 1.165) is 17.5 Å². The van der Waals surface area contributed by atoms with Crippen molar-refractivity contribution in [2.24, 2.45) is 11.8 Å². The first kappa shape index (κ1) is 14.9. The molecule has 2 rings (SSSR count). The number of rotatable bonds is 4. The fraction of sp³-hybridized carbons (Fsp3) is 0.467. The average molecular weight is 296 g/mol. The Balaban J connectivity index is 1.90. The summed E-state index contributed by atoms with van der Waals surface area (Å²) in [5.74, 6) is -0.327. The zero-order chi connectivity index (χ0) is 14.9. The number of carbonyl (C=O) groups is 2. The van der Waals surface area contributed by atoms with Crippen molar-refractivity contribution in [3.63, 3.8) is 0 Å². The second kappa shape index (κ2) is 5.83. The van der Waals surface area contributed by atoms with Gasteiger partial charge in [0.1, 0.15) is 0 Å². The molecule has 4 nitrogen and oxygen atoms in total. The molecule has 20 heavy (non-hydrogen) atoms. The van der Waals surface area contributed by atoms with Crippen LogP contribution < -0.4 is 5.32 Å². The summed E-state index contributed by atoms with van der Waals surface area (Å²) in [4.78, 5) is 23.3. The summed E-state index contributed by atoms with van der Waals surface area (Å²) >= 11 is 6.10. The van der Waals surface area contributed by atoms with E-state index in [1.54, 1.807) is 6.07 Å². The third-order valence-electron chi connectivity index (χ3n) is 3.45. The number of ether oxygens (including phenoxy) is 1. The molecule has 1 aromatic rings. The van der Waals surface area contributed by atoms with Crippen LogP contribution in [0.2, 0.25) is 5.02 Å². The Morgan fingerprint density at radius 3 is 2.60 bits per heavy atom. The summed E-state index contributed by atoms with van der Waals surface area (Å²) in [5.41, 5.74) is 2.48. The van der Waals surface area contributed by atoms with Gasteiger partial charge in [0.05, 0.1) is 16.6 Å². The van der Waals surface area contributed by atoms with Gasteiger partial charge in [-0.3, -0.25) is 9.59 Å². The van der Waals surface area contributed by atoms with Gasteiger partial charge in [0.15, 0.2) is 6.61 Å². The topological polar surface area (TPSA) is 55.4 Å². The SMILES string of the molecule is Cc1cc(C)c(NC(=O)COC(=O)[C@H]2C[C@@H]2C)c(Cl)c1. The summed E-state index contributed by atoms with van der Waals surface area (Å²) in [6, 6.07) is 3.71. The van der Waals surface area contributed by atoms with Crippen molar-refractivity contribution >= 4 is 29.2 Å². The van der Waals surface area contributed by atoms with Gasteiger partial charge in [-0.25, -0.2) is 0 Å². The second-order valence-electron chi connectivity index (χ2n) is 5.41. The van der Waals surface area contributed by atoms with Crippen LogP contribution in [0.25, 0.3) is 0 Å². The van der Waals surface area contributed by atoms with E-state index in [9.17, 15) is 9.59 Å². The number of anilines is 1. The van der Waals surface area contributed by atoms with Crippen LogP contribution in [0, 0.1) is 25.7 Å². The van der Waals surface area contributed by atoms with Crippen molar-refractivity contribution in [2.45, 2.75) is 27.2 Å². The van der Waals surface area contributed by atoms with E-state index in [1.807, 2.05) is 26.8 Å². The minimum atomic E-state index is -0.375. The Bertz CT molecular complexity index is 533. The van der Waals surface area contributed by atoms with Gasteiger partial charge in [0.2, 0.25) is 0 Å².